The van der Waals surface area contributed by atoms with Gasteiger partial charge in [-0.25, -0.2) is 0 Å². The third-order valence-corrected chi connectivity index (χ3v) is 4.74. The Kier molecular flexibility index (Phi) is 4.71. The molecule has 4 nitrogen and oxygen atoms in total. The average Bonchev–Trinajstić information content (AvgIpc) is 2.70. The van der Waals surface area contributed by atoms with Crippen molar-refractivity contribution in [2.75, 3.05) is 11.9 Å². The Morgan fingerprint density at radius 2 is 1.67 bits per heavy atom. The van der Waals surface area contributed by atoms with Crippen molar-refractivity contribution in [1.29, 1.82) is 0 Å². The first-order valence-electron chi connectivity index (χ1n) is 9.04. The van der Waals surface area contributed by atoms with Crippen LogP contribution in [0.15, 0.2) is 72.8 Å². The molecule has 0 spiro atoms. The van der Waals surface area contributed by atoms with Gasteiger partial charge in [0.25, 0.3) is 5.91 Å². The van der Waals surface area contributed by atoms with Gasteiger partial charge in [-0.05, 0) is 40.8 Å². The molecule has 1 heterocycles. The number of amides is 2. The maximum atomic E-state index is 12.4. The summed E-state index contributed by atoms with van der Waals surface area (Å²) in [4.78, 5) is 24.3. The Bertz CT molecular complexity index is 979. The monoisotopic (exact) mass is 356 g/mol. The summed E-state index contributed by atoms with van der Waals surface area (Å²) in [5.74, 6) is -0.178. The highest BCUT2D eigenvalue weighted by molar-refractivity contribution is 5.99. The molecule has 0 bridgehead atoms. The highest BCUT2D eigenvalue weighted by atomic mass is 16.2. The van der Waals surface area contributed by atoms with E-state index in [0.717, 1.165) is 28.7 Å². The summed E-state index contributed by atoms with van der Waals surface area (Å²) in [6, 6.07) is 23.7. The predicted molar refractivity (Wildman–Crippen MR) is 107 cm³/mol. The number of hydrogen-bond donors (Lipinski definition) is 2. The van der Waals surface area contributed by atoms with Gasteiger partial charge in [0.1, 0.15) is 0 Å². The SMILES string of the molecule is O=C(Cc1ccc(-c2ccccc2)cc1)Nc1ccc2c(c1)C(=O)NCC2. The van der Waals surface area contributed by atoms with Crippen molar-refractivity contribution in [2.45, 2.75) is 12.8 Å². The minimum absolute atomic E-state index is 0.0798. The molecule has 2 amide bonds. The van der Waals surface area contributed by atoms with Crippen LogP contribution in [0.4, 0.5) is 5.69 Å². The summed E-state index contributed by atoms with van der Waals surface area (Å²) in [6.07, 6.45) is 1.11. The molecule has 3 aromatic rings. The van der Waals surface area contributed by atoms with E-state index in [9.17, 15) is 9.59 Å². The van der Waals surface area contributed by atoms with Crippen LogP contribution >= 0.6 is 0 Å². The Balaban J connectivity index is 1.42. The zero-order valence-corrected chi connectivity index (χ0v) is 14.9. The standard InChI is InChI=1S/C23H20N2O2/c26-22(25-20-11-10-19-12-13-24-23(27)21(19)15-20)14-16-6-8-18(9-7-16)17-4-2-1-3-5-17/h1-11,15H,12-14H2,(H,24,27)(H,25,26). The molecule has 3 aromatic carbocycles. The maximum Gasteiger partial charge on any atom is 0.251 e. The molecule has 0 aromatic heterocycles. The minimum atomic E-state index is -0.0985. The molecule has 1 aliphatic heterocycles. The fourth-order valence-corrected chi connectivity index (χ4v) is 3.33. The smallest absolute Gasteiger partial charge is 0.251 e. The van der Waals surface area contributed by atoms with Gasteiger partial charge in [0.15, 0.2) is 0 Å². The van der Waals surface area contributed by atoms with Crippen LogP contribution in [0.1, 0.15) is 21.5 Å². The van der Waals surface area contributed by atoms with Crippen molar-refractivity contribution in [3.63, 3.8) is 0 Å². The van der Waals surface area contributed by atoms with E-state index >= 15 is 0 Å². The number of benzene rings is 3. The topological polar surface area (TPSA) is 58.2 Å². The van der Waals surface area contributed by atoms with Crippen molar-refractivity contribution >= 4 is 17.5 Å². The van der Waals surface area contributed by atoms with Crippen LogP contribution < -0.4 is 10.6 Å². The third kappa shape index (κ3) is 3.90. The minimum Gasteiger partial charge on any atom is -0.352 e. The summed E-state index contributed by atoms with van der Waals surface area (Å²) in [6.45, 7) is 0.663. The molecule has 0 radical (unpaired) electrons. The van der Waals surface area contributed by atoms with Gasteiger partial charge in [-0.1, -0.05) is 60.7 Å². The van der Waals surface area contributed by atoms with Crippen molar-refractivity contribution in [3.05, 3.63) is 89.5 Å². The molecular formula is C23H20N2O2. The number of carbonyl (C=O) groups is 2. The lowest BCUT2D eigenvalue weighted by Crippen LogP contribution is -2.31. The largest absolute Gasteiger partial charge is 0.352 e. The van der Waals surface area contributed by atoms with E-state index in [4.69, 9.17) is 0 Å². The molecule has 1 aliphatic rings. The predicted octanol–water partition coefficient (Wildman–Crippen LogP) is 3.82. The van der Waals surface area contributed by atoms with Gasteiger partial charge in [-0.3, -0.25) is 9.59 Å². The van der Waals surface area contributed by atoms with Crippen LogP contribution in [0.5, 0.6) is 0 Å². The van der Waals surface area contributed by atoms with Crippen LogP contribution in [0, 0.1) is 0 Å². The third-order valence-electron chi connectivity index (χ3n) is 4.74. The molecule has 0 saturated carbocycles. The summed E-state index contributed by atoms with van der Waals surface area (Å²) >= 11 is 0. The van der Waals surface area contributed by atoms with Crippen LogP contribution in [-0.2, 0) is 17.6 Å². The summed E-state index contributed by atoms with van der Waals surface area (Å²) in [7, 11) is 0. The molecule has 0 aliphatic carbocycles. The van der Waals surface area contributed by atoms with Crippen LogP contribution in [0.25, 0.3) is 11.1 Å². The first-order valence-corrected chi connectivity index (χ1v) is 9.04. The number of nitrogens with one attached hydrogen (secondary N) is 2. The Morgan fingerprint density at radius 1 is 0.926 bits per heavy atom. The van der Waals surface area contributed by atoms with E-state index in [1.807, 2.05) is 54.6 Å². The van der Waals surface area contributed by atoms with Crippen molar-refractivity contribution in [2.24, 2.45) is 0 Å². The van der Waals surface area contributed by atoms with Gasteiger partial charge in [0, 0.05) is 17.8 Å². The van der Waals surface area contributed by atoms with Gasteiger partial charge >= 0.3 is 0 Å². The second-order valence-corrected chi connectivity index (χ2v) is 6.67. The van der Waals surface area contributed by atoms with Crippen molar-refractivity contribution in [1.82, 2.24) is 5.32 Å². The lowest BCUT2D eigenvalue weighted by atomic mass is 9.99. The van der Waals surface area contributed by atoms with Crippen molar-refractivity contribution < 1.29 is 9.59 Å². The Hall–Kier alpha value is -3.40. The van der Waals surface area contributed by atoms with Gasteiger partial charge in [-0.15, -0.1) is 0 Å². The molecule has 0 unspecified atom stereocenters. The number of carbonyl (C=O) groups excluding carboxylic acids is 2. The van der Waals surface area contributed by atoms with Crippen LogP contribution in [-0.4, -0.2) is 18.4 Å². The van der Waals surface area contributed by atoms with E-state index < -0.39 is 0 Å². The first-order chi connectivity index (χ1) is 13.2. The van der Waals surface area contributed by atoms with Gasteiger partial charge < -0.3 is 10.6 Å². The highest BCUT2D eigenvalue weighted by Gasteiger charge is 2.17. The number of hydrogen-bond acceptors (Lipinski definition) is 2. The lowest BCUT2D eigenvalue weighted by Gasteiger charge is -2.17. The zero-order valence-electron chi connectivity index (χ0n) is 14.9. The fourth-order valence-electron chi connectivity index (χ4n) is 3.33. The molecular weight excluding hydrogens is 336 g/mol. The number of anilines is 1. The second-order valence-electron chi connectivity index (χ2n) is 6.67. The molecule has 27 heavy (non-hydrogen) atoms. The van der Waals surface area contributed by atoms with Crippen LogP contribution in [0.3, 0.4) is 0 Å². The zero-order chi connectivity index (χ0) is 18.6. The van der Waals surface area contributed by atoms with E-state index in [-0.39, 0.29) is 11.8 Å². The molecule has 0 atom stereocenters. The van der Waals surface area contributed by atoms with E-state index in [1.54, 1.807) is 6.07 Å². The average molecular weight is 356 g/mol. The summed E-state index contributed by atoms with van der Waals surface area (Å²) in [5.41, 5.74) is 5.54. The molecule has 134 valence electrons. The molecule has 0 saturated heterocycles. The maximum absolute atomic E-state index is 12.4. The van der Waals surface area contributed by atoms with Gasteiger partial charge in [0.2, 0.25) is 5.91 Å². The summed E-state index contributed by atoms with van der Waals surface area (Å²) < 4.78 is 0. The van der Waals surface area contributed by atoms with Crippen molar-refractivity contribution in [3.8, 4) is 11.1 Å². The summed E-state index contributed by atoms with van der Waals surface area (Å²) in [5, 5.41) is 5.71. The van der Waals surface area contributed by atoms with E-state index in [1.165, 1.54) is 0 Å². The first kappa shape index (κ1) is 17.0. The molecule has 4 heteroatoms. The van der Waals surface area contributed by atoms with Gasteiger partial charge in [0.05, 0.1) is 6.42 Å². The quantitative estimate of drug-likeness (QED) is 0.747. The lowest BCUT2D eigenvalue weighted by molar-refractivity contribution is -0.115. The molecule has 4 rings (SSSR count). The fraction of sp³-hybridized carbons (Fsp3) is 0.130. The van der Waals surface area contributed by atoms with E-state index in [2.05, 4.69) is 22.8 Å². The van der Waals surface area contributed by atoms with E-state index in [0.29, 0.717) is 24.2 Å². The number of fused-ring (bicyclic) bond motifs is 1. The highest BCUT2D eigenvalue weighted by Crippen LogP contribution is 2.21. The Morgan fingerprint density at radius 3 is 2.44 bits per heavy atom. The van der Waals surface area contributed by atoms with Gasteiger partial charge in [-0.2, -0.15) is 0 Å². The normalized spacial score (nSPS) is 12.8. The molecule has 0 fully saturated rings. The second kappa shape index (κ2) is 7.46. The Labute approximate surface area is 158 Å². The molecule has 2 N–H and O–H groups in total. The number of rotatable bonds is 4. The van der Waals surface area contributed by atoms with Crippen LogP contribution in [0.2, 0.25) is 0 Å².